The molecule has 1 amide bonds. The van der Waals surface area contributed by atoms with Gasteiger partial charge in [0.2, 0.25) is 0 Å². The van der Waals surface area contributed by atoms with Crippen LogP contribution in [0.1, 0.15) is 33.9 Å². The normalized spacial score (nSPS) is 11.0. The average molecular weight is 354 g/mol. The summed E-state index contributed by atoms with van der Waals surface area (Å²) in [4.78, 5) is 24.0. The minimum absolute atomic E-state index is 0.128. The van der Waals surface area contributed by atoms with Gasteiger partial charge in [0, 0.05) is 17.5 Å². The van der Waals surface area contributed by atoms with Gasteiger partial charge in [-0.2, -0.15) is 0 Å². The van der Waals surface area contributed by atoms with Gasteiger partial charge in [-0.1, -0.05) is 6.07 Å². The summed E-state index contributed by atoms with van der Waals surface area (Å²) >= 11 is 0. The van der Waals surface area contributed by atoms with Gasteiger partial charge in [0.15, 0.2) is 0 Å². The molecule has 3 aromatic rings. The van der Waals surface area contributed by atoms with E-state index in [2.05, 4.69) is 15.0 Å². The number of alkyl halides is 2. The van der Waals surface area contributed by atoms with E-state index >= 15 is 0 Å². The lowest BCUT2D eigenvalue weighted by Crippen LogP contribution is -2.13. The summed E-state index contributed by atoms with van der Waals surface area (Å²) in [5.41, 5.74) is 8.79. The van der Waals surface area contributed by atoms with Crippen molar-refractivity contribution in [1.82, 2.24) is 15.0 Å². The van der Waals surface area contributed by atoms with E-state index < -0.39 is 12.3 Å². The Balaban J connectivity index is 2.25. The van der Waals surface area contributed by atoms with Crippen LogP contribution in [0.5, 0.6) is 0 Å². The molecule has 7 heteroatoms. The van der Waals surface area contributed by atoms with Crippen molar-refractivity contribution in [3.8, 4) is 22.5 Å². The second kappa shape index (κ2) is 6.95. The van der Waals surface area contributed by atoms with Crippen molar-refractivity contribution in [3.63, 3.8) is 0 Å². The topological polar surface area (TPSA) is 81.8 Å². The summed E-state index contributed by atoms with van der Waals surface area (Å²) in [6.07, 6.45) is -1.08. The molecule has 0 aliphatic carbocycles. The second-order valence-corrected chi connectivity index (χ2v) is 5.85. The molecule has 0 aliphatic heterocycles. The van der Waals surface area contributed by atoms with E-state index in [4.69, 9.17) is 5.73 Å². The van der Waals surface area contributed by atoms with Crippen molar-refractivity contribution >= 4 is 5.91 Å². The van der Waals surface area contributed by atoms with Crippen LogP contribution in [-0.4, -0.2) is 20.9 Å². The second-order valence-electron chi connectivity index (χ2n) is 5.85. The van der Waals surface area contributed by atoms with Gasteiger partial charge in [-0.3, -0.25) is 9.78 Å². The van der Waals surface area contributed by atoms with Crippen LogP contribution in [0, 0.1) is 13.8 Å². The quantitative estimate of drug-likeness (QED) is 0.771. The Kier molecular flexibility index (Phi) is 4.71. The van der Waals surface area contributed by atoms with Crippen molar-refractivity contribution in [2.24, 2.45) is 5.73 Å². The van der Waals surface area contributed by atoms with Crippen LogP contribution in [0.2, 0.25) is 0 Å². The van der Waals surface area contributed by atoms with E-state index in [-0.39, 0.29) is 11.4 Å². The third kappa shape index (κ3) is 3.42. The number of pyridine rings is 3. The fourth-order valence-corrected chi connectivity index (χ4v) is 2.76. The van der Waals surface area contributed by atoms with Gasteiger partial charge in [0.25, 0.3) is 12.3 Å². The highest BCUT2D eigenvalue weighted by Gasteiger charge is 2.17. The highest BCUT2D eigenvalue weighted by molar-refractivity contribution is 5.93. The van der Waals surface area contributed by atoms with Crippen LogP contribution in [0.4, 0.5) is 8.78 Å². The number of aryl methyl sites for hydroxylation is 2. The highest BCUT2D eigenvalue weighted by Crippen LogP contribution is 2.33. The molecular formula is C19H16F2N4O. The molecule has 5 nitrogen and oxygen atoms in total. The van der Waals surface area contributed by atoms with Gasteiger partial charge in [-0.25, -0.2) is 18.7 Å². The van der Waals surface area contributed by atoms with E-state index in [9.17, 15) is 13.6 Å². The van der Waals surface area contributed by atoms with Gasteiger partial charge < -0.3 is 5.73 Å². The molecule has 132 valence electrons. The summed E-state index contributed by atoms with van der Waals surface area (Å²) in [5.74, 6) is -0.643. The Morgan fingerprint density at radius 2 is 1.88 bits per heavy atom. The van der Waals surface area contributed by atoms with Crippen molar-refractivity contribution in [2.45, 2.75) is 20.3 Å². The van der Waals surface area contributed by atoms with Crippen LogP contribution in [0.15, 0.2) is 42.6 Å². The third-order valence-corrected chi connectivity index (χ3v) is 3.89. The Hall–Kier alpha value is -3.22. The standard InChI is InChI=1S/C19H16F2N4O/c1-10-6-7-23-17(13-4-3-5-14(25-13)18(20)21)16(10)12-8-11(2)24-15(9-12)19(22)26/h3-9,18H,1-2H3,(H2,22,26). The molecule has 3 heterocycles. The largest absolute Gasteiger partial charge is 0.364 e. The molecule has 0 radical (unpaired) electrons. The predicted octanol–water partition coefficient (Wildman–Crippen LogP) is 3.86. The van der Waals surface area contributed by atoms with E-state index in [0.29, 0.717) is 28.2 Å². The first-order valence-electron chi connectivity index (χ1n) is 7.86. The highest BCUT2D eigenvalue weighted by atomic mass is 19.3. The summed E-state index contributed by atoms with van der Waals surface area (Å²) in [6.45, 7) is 3.62. The number of halogens is 2. The molecule has 0 unspecified atom stereocenters. The van der Waals surface area contributed by atoms with E-state index in [1.54, 1.807) is 37.4 Å². The number of amides is 1. The summed E-state index contributed by atoms with van der Waals surface area (Å²) in [6, 6.07) is 9.57. The number of nitrogens with two attached hydrogens (primary N) is 1. The minimum Gasteiger partial charge on any atom is -0.364 e. The lowest BCUT2D eigenvalue weighted by atomic mass is 9.96. The smallest absolute Gasteiger partial charge is 0.280 e. The maximum Gasteiger partial charge on any atom is 0.280 e. The maximum atomic E-state index is 13.0. The molecule has 0 aliphatic rings. The average Bonchev–Trinajstić information content (AvgIpc) is 2.61. The number of rotatable bonds is 4. The molecule has 3 rings (SSSR count). The zero-order chi connectivity index (χ0) is 18.8. The van der Waals surface area contributed by atoms with Crippen LogP contribution in [0.25, 0.3) is 22.5 Å². The van der Waals surface area contributed by atoms with Crippen LogP contribution < -0.4 is 5.73 Å². The first-order chi connectivity index (χ1) is 12.4. The lowest BCUT2D eigenvalue weighted by molar-refractivity contribution is 0.0995. The van der Waals surface area contributed by atoms with E-state index in [0.717, 1.165) is 5.56 Å². The van der Waals surface area contributed by atoms with Gasteiger partial charge in [-0.15, -0.1) is 0 Å². The van der Waals surface area contributed by atoms with E-state index in [1.807, 2.05) is 6.92 Å². The molecule has 0 saturated heterocycles. The van der Waals surface area contributed by atoms with Crippen molar-refractivity contribution in [2.75, 3.05) is 0 Å². The number of carbonyl (C=O) groups excluding carboxylic acids is 1. The minimum atomic E-state index is -2.67. The van der Waals surface area contributed by atoms with Gasteiger partial charge in [0.05, 0.1) is 11.4 Å². The van der Waals surface area contributed by atoms with Gasteiger partial charge in [0.1, 0.15) is 11.4 Å². The van der Waals surface area contributed by atoms with Gasteiger partial charge >= 0.3 is 0 Å². The van der Waals surface area contributed by atoms with Crippen LogP contribution in [0.3, 0.4) is 0 Å². The van der Waals surface area contributed by atoms with Crippen molar-refractivity contribution in [1.29, 1.82) is 0 Å². The molecule has 0 aromatic carbocycles. The zero-order valence-electron chi connectivity index (χ0n) is 14.2. The summed E-state index contributed by atoms with van der Waals surface area (Å²) < 4.78 is 26.0. The molecule has 0 spiro atoms. The molecule has 0 fully saturated rings. The maximum absolute atomic E-state index is 13.0. The van der Waals surface area contributed by atoms with Crippen molar-refractivity contribution in [3.05, 3.63) is 65.2 Å². The number of carbonyl (C=O) groups is 1. The van der Waals surface area contributed by atoms with Crippen LogP contribution in [-0.2, 0) is 0 Å². The van der Waals surface area contributed by atoms with E-state index in [1.165, 1.54) is 12.1 Å². The monoisotopic (exact) mass is 354 g/mol. The number of hydrogen-bond donors (Lipinski definition) is 1. The number of hydrogen-bond acceptors (Lipinski definition) is 4. The molecule has 3 aromatic heterocycles. The fraction of sp³-hybridized carbons (Fsp3) is 0.158. The Morgan fingerprint density at radius 3 is 2.58 bits per heavy atom. The molecule has 2 N–H and O–H groups in total. The summed E-state index contributed by atoms with van der Waals surface area (Å²) in [5, 5.41) is 0. The SMILES string of the molecule is Cc1cc(-c2c(C)ccnc2-c2cccc(C(F)F)n2)cc(C(N)=O)n1. The molecule has 26 heavy (non-hydrogen) atoms. The predicted molar refractivity (Wildman–Crippen MR) is 93.6 cm³/mol. The molecular weight excluding hydrogens is 338 g/mol. The summed E-state index contributed by atoms with van der Waals surface area (Å²) in [7, 11) is 0. The van der Waals surface area contributed by atoms with Gasteiger partial charge in [-0.05, 0) is 55.3 Å². The fourth-order valence-electron chi connectivity index (χ4n) is 2.76. The lowest BCUT2D eigenvalue weighted by Gasteiger charge is -2.13. The van der Waals surface area contributed by atoms with Crippen molar-refractivity contribution < 1.29 is 13.6 Å². The zero-order valence-corrected chi connectivity index (χ0v) is 14.2. The van der Waals surface area contributed by atoms with Crippen LogP contribution >= 0.6 is 0 Å². The first-order valence-corrected chi connectivity index (χ1v) is 7.86. The number of aromatic nitrogens is 3. The number of nitrogens with zero attached hydrogens (tertiary/aromatic N) is 3. The molecule has 0 saturated carbocycles. The Morgan fingerprint density at radius 1 is 1.12 bits per heavy atom. The molecule has 0 atom stereocenters. The Labute approximate surface area is 148 Å². The third-order valence-electron chi connectivity index (χ3n) is 3.89. The Bertz CT molecular complexity index is 989. The number of primary amides is 1. The first kappa shape index (κ1) is 17.6. The molecule has 0 bridgehead atoms.